The van der Waals surface area contributed by atoms with Crippen molar-refractivity contribution >= 4 is 39.8 Å². The summed E-state index contributed by atoms with van der Waals surface area (Å²) in [4.78, 5) is 17.1. The fourth-order valence-corrected chi connectivity index (χ4v) is 5.47. The van der Waals surface area contributed by atoms with Crippen LogP contribution in [-0.2, 0) is 11.2 Å². The van der Waals surface area contributed by atoms with E-state index in [1.54, 1.807) is 18.2 Å². The number of hydrogen-bond acceptors (Lipinski definition) is 5. The third-order valence-electron chi connectivity index (χ3n) is 5.89. The normalized spacial score (nSPS) is 22.9. The van der Waals surface area contributed by atoms with Crippen LogP contribution in [-0.4, -0.2) is 27.2 Å². The second kappa shape index (κ2) is 8.29. The topological polar surface area (TPSA) is 91.3 Å². The largest absolute Gasteiger partial charge is 0.609 e. The lowest BCUT2D eigenvalue weighted by molar-refractivity contribution is 0.0891. The summed E-state index contributed by atoms with van der Waals surface area (Å²) in [6.07, 6.45) is 5.74. The second-order valence-corrected chi connectivity index (χ2v) is 10.1. The molecule has 2 aliphatic rings. The summed E-state index contributed by atoms with van der Waals surface area (Å²) in [5.74, 6) is 2.13. The van der Waals surface area contributed by atoms with Gasteiger partial charge in [0.2, 0.25) is 0 Å². The summed E-state index contributed by atoms with van der Waals surface area (Å²) in [5, 5.41) is 4.09. The number of aromatic nitrogens is 1. The quantitative estimate of drug-likeness (QED) is 0.535. The Bertz CT molecular complexity index is 1050. The molecule has 2 aliphatic carbocycles. The van der Waals surface area contributed by atoms with Crippen LogP contribution in [0.25, 0.3) is 11.1 Å². The number of carbonyl (C=O) groups excluding carboxylic acids is 1. The minimum atomic E-state index is -1.16. The van der Waals surface area contributed by atoms with E-state index in [9.17, 15) is 9.35 Å². The summed E-state index contributed by atoms with van der Waals surface area (Å²) in [6, 6.07) is 8.81. The number of carbonyl (C=O) groups is 1. The van der Waals surface area contributed by atoms with E-state index in [1.165, 1.54) is 0 Å². The van der Waals surface area contributed by atoms with E-state index in [0.717, 1.165) is 55.5 Å². The van der Waals surface area contributed by atoms with E-state index in [2.05, 4.69) is 10.3 Å². The first-order chi connectivity index (χ1) is 14.5. The van der Waals surface area contributed by atoms with Gasteiger partial charge in [-0.05, 0) is 62.8 Å². The Labute approximate surface area is 182 Å². The van der Waals surface area contributed by atoms with Crippen LogP contribution >= 0.6 is 11.6 Å². The van der Waals surface area contributed by atoms with Crippen LogP contribution in [0.3, 0.4) is 0 Å². The molecule has 6 nitrogen and oxygen atoms in total. The fraction of sp³-hybridized carbons (Fsp3) is 0.455. The molecule has 0 spiro atoms. The van der Waals surface area contributed by atoms with Gasteiger partial charge in [0.15, 0.2) is 17.2 Å². The highest BCUT2D eigenvalue weighted by molar-refractivity contribution is 7.91. The molecule has 8 heteroatoms. The number of nitrogens with zero attached hydrogens (tertiary/aromatic N) is 1. The Balaban J connectivity index is 1.15. The second-order valence-electron chi connectivity index (χ2n) is 8.26. The number of furan rings is 1. The molecule has 1 unspecified atom stereocenters. The van der Waals surface area contributed by atoms with Crippen molar-refractivity contribution in [3.8, 4) is 0 Å². The first kappa shape index (κ1) is 20.0. The number of oxazole rings is 1. The van der Waals surface area contributed by atoms with Gasteiger partial charge < -0.3 is 18.7 Å². The van der Waals surface area contributed by atoms with E-state index in [1.807, 2.05) is 12.1 Å². The van der Waals surface area contributed by atoms with Crippen molar-refractivity contribution in [1.29, 1.82) is 0 Å². The molecule has 1 N–H and O–H groups in total. The third kappa shape index (κ3) is 4.38. The smallest absolute Gasteiger partial charge is 0.311 e. The van der Waals surface area contributed by atoms with Crippen LogP contribution in [0, 0.1) is 5.92 Å². The molecule has 2 aromatic heterocycles. The molecule has 2 fully saturated rings. The van der Waals surface area contributed by atoms with Gasteiger partial charge in [0.05, 0.1) is 0 Å². The third-order valence-corrected chi connectivity index (χ3v) is 7.57. The zero-order valence-electron chi connectivity index (χ0n) is 16.4. The van der Waals surface area contributed by atoms with Crippen molar-refractivity contribution in [2.24, 2.45) is 5.92 Å². The summed E-state index contributed by atoms with van der Waals surface area (Å²) in [6.45, 7) is 0. The zero-order valence-corrected chi connectivity index (χ0v) is 18.0. The molecule has 1 aromatic carbocycles. The zero-order chi connectivity index (χ0) is 20.7. The molecular formula is C22H23ClN2O4S. The maximum absolute atomic E-state index is 12.5. The first-order valence-corrected chi connectivity index (χ1v) is 12.1. The number of amides is 1. The van der Waals surface area contributed by atoms with Crippen molar-refractivity contribution in [2.75, 3.05) is 5.75 Å². The van der Waals surface area contributed by atoms with Crippen molar-refractivity contribution in [1.82, 2.24) is 10.3 Å². The van der Waals surface area contributed by atoms with Gasteiger partial charge in [-0.3, -0.25) is 4.79 Å². The lowest BCUT2D eigenvalue weighted by atomic mass is 9.86. The van der Waals surface area contributed by atoms with Crippen molar-refractivity contribution < 1.29 is 18.2 Å². The van der Waals surface area contributed by atoms with E-state index in [-0.39, 0.29) is 23.6 Å². The molecule has 2 heterocycles. The van der Waals surface area contributed by atoms with Gasteiger partial charge >= 0.3 is 5.09 Å². The molecule has 2 saturated carbocycles. The van der Waals surface area contributed by atoms with Gasteiger partial charge in [-0.25, -0.2) is 4.98 Å². The summed E-state index contributed by atoms with van der Waals surface area (Å²) < 4.78 is 23.7. The number of hydrogen-bond donors (Lipinski definition) is 1. The van der Waals surface area contributed by atoms with Gasteiger partial charge in [0.25, 0.3) is 5.91 Å². The van der Waals surface area contributed by atoms with Crippen molar-refractivity contribution in [2.45, 2.75) is 55.6 Å². The van der Waals surface area contributed by atoms with Crippen LogP contribution in [0.5, 0.6) is 0 Å². The van der Waals surface area contributed by atoms with Crippen molar-refractivity contribution in [3.05, 3.63) is 47.0 Å². The summed E-state index contributed by atoms with van der Waals surface area (Å²) in [5.41, 5.74) is 1.53. The maximum atomic E-state index is 12.5. The van der Waals surface area contributed by atoms with Gasteiger partial charge in [-0.15, -0.1) is 0 Å². The van der Waals surface area contributed by atoms with Gasteiger partial charge in [0.1, 0.15) is 11.3 Å². The Morgan fingerprint density at radius 2 is 1.93 bits per heavy atom. The molecular weight excluding hydrogens is 424 g/mol. The molecule has 3 aromatic rings. The number of nitrogens with one attached hydrogen (secondary N) is 1. The van der Waals surface area contributed by atoms with E-state index in [0.29, 0.717) is 21.8 Å². The highest BCUT2D eigenvalue weighted by Crippen LogP contribution is 2.35. The SMILES string of the molecule is O=C(NC1CCC(c2nc3cc(Cl)ccc3o2)CC1)c1ccc([S+]([O-])CC2CC2)o1. The Morgan fingerprint density at radius 3 is 2.70 bits per heavy atom. The minimum Gasteiger partial charge on any atom is -0.609 e. The summed E-state index contributed by atoms with van der Waals surface area (Å²) in [7, 11) is 0. The first-order valence-electron chi connectivity index (χ1n) is 10.4. The molecule has 0 bridgehead atoms. The van der Waals surface area contributed by atoms with Crippen LogP contribution < -0.4 is 5.32 Å². The van der Waals surface area contributed by atoms with Gasteiger partial charge in [0, 0.05) is 40.1 Å². The average molecular weight is 447 g/mol. The molecule has 0 aliphatic heterocycles. The van der Waals surface area contributed by atoms with Crippen molar-refractivity contribution in [3.63, 3.8) is 0 Å². The highest BCUT2D eigenvalue weighted by atomic mass is 35.5. The summed E-state index contributed by atoms with van der Waals surface area (Å²) >= 11 is 4.87. The van der Waals surface area contributed by atoms with Crippen LogP contribution in [0.2, 0.25) is 5.02 Å². The monoisotopic (exact) mass is 446 g/mol. The number of fused-ring (bicyclic) bond motifs is 1. The predicted molar refractivity (Wildman–Crippen MR) is 114 cm³/mol. The Morgan fingerprint density at radius 1 is 1.13 bits per heavy atom. The Kier molecular flexibility index (Phi) is 5.52. The molecule has 158 valence electrons. The number of halogens is 1. The van der Waals surface area contributed by atoms with Gasteiger partial charge in [-0.2, -0.15) is 0 Å². The average Bonchev–Trinajstić information content (AvgIpc) is 3.25. The molecule has 0 saturated heterocycles. The molecule has 30 heavy (non-hydrogen) atoms. The molecule has 5 rings (SSSR count). The minimum absolute atomic E-state index is 0.0816. The predicted octanol–water partition coefficient (Wildman–Crippen LogP) is 5.05. The van der Waals surface area contributed by atoms with Gasteiger partial charge in [-0.1, -0.05) is 11.6 Å². The van der Waals surface area contributed by atoms with E-state index in [4.69, 9.17) is 20.4 Å². The number of rotatable bonds is 6. The van der Waals surface area contributed by atoms with Crippen LogP contribution in [0.4, 0.5) is 0 Å². The molecule has 1 atom stereocenters. The lowest BCUT2D eigenvalue weighted by Crippen LogP contribution is -2.37. The van der Waals surface area contributed by atoms with E-state index < -0.39 is 11.2 Å². The lowest BCUT2D eigenvalue weighted by Gasteiger charge is -2.27. The fourth-order valence-electron chi connectivity index (χ4n) is 3.98. The van der Waals surface area contributed by atoms with E-state index >= 15 is 0 Å². The molecule has 0 radical (unpaired) electrons. The standard InChI is InChI=1S/C22H23ClN2O4S/c23-15-5-8-18-17(11-15)25-22(29-18)14-3-6-16(7-4-14)24-21(26)19-9-10-20(28-19)30(27)12-13-1-2-13/h5,8-11,13-14,16H,1-4,6-7,12H2,(H,24,26). The van der Waals surface area contributed by atoms with Crippen LogP contribution in [0.15, 0.2) is 44.3 Å². The maximum Gasteiger partial charge on any atom is 0.311 e. The number of benzene rings is 1. The Hall–Kier alpha value is -1.96. The molecule has 1 amide bonds. The highest BCUT2D eigenvalue weighted by Gasteiger charge is 2.31. The van der Waals surface area contributed by atoms with Crippen LogP contribution in [0.1, 0.15) is 60.9 Å².